The standard InChI is InChI=1S/C16H18O4/c17-15(11-19-13-7-3-1-4-8-13)16(18)12-20-14-9-5-2-6-10-14/h1-10,15-18H,11-12H2/t15-,16-/m0/s1. The van der Waals surface area contributed by atoms with Crippen LogP contribution in [0.3, 0.4) is 0 Å². The van der Waals surface area contributed by atoms with E-state index in [1.165, 1.54) is 0 Å². The minimum atomic E-state index is -1.00. The molecule has 0 bridgehead atoms. The lowest BCUT2D eigenvalue weighted by molar-refractivity contribution is -0.0288. The summed E-state index contributed by atoms with van der Waals surface area (Å²) in [5, 5.41) is 19.6. The molecule has 0 radical (unpaired) electrons. The Bertz CT molecular complexity index is 439. The van der Waals surface area contributed by atoms with Crippen molar-refractivity contribution in [2.24, 2.45) is 0 Å². The Morgan fingerprint density at radius 3 is 1.35 bits per heavy atom. The minimum absolute atomic E-state index is 0.0172. The average molecular weight is 274 g/mol. The van der Waals surface area contributed by atoms with E-state index in [0.717, 1.165) is 0 Å². The van der Waals surface area contributed by atoms with Gasteiger partial charge in [-0.2, -0.15) is 0 Å². The number of aliphatic hydroxyl groups is 2. The Balaban J connectivity index is 1.73. The first-order valence-corrected chi connectivity index (χ1v) is 6.47. The lowest BCUT2D eigenvalue weighted by Gasteiger charge is -2.18. The second kappa shape index (κ2) is 7.53. The number of hydrogen-bond donors (Lipinski definition) is 2. The lowest BCUT2D eigenvalue weighted by atomic mass is 10.2. The van der Waals surface area contributed by atoms with Crippen LogP contribution in [0, 0.1) is 0 Å². The highest BCUT2D eigenvalue weighted by atomic mass is 16.5. The van der Waals surface area contributed by atoms with Crippen molar-refractivity contribution in [2.75, 3.05) is 13.2 Å². The predicted molar refractivity (Wildman–Crippen MR) is 75.9 cm³/mol. The molecule has 0 unspecified atom stereocenters. The highest BCUT2D eigenvalue weighted by Gasteiger charge is 2.17. The van der Waals surface area contributed by atoms with Crippen molar-refractivity contribution in [3.05, 3.63) is 60.7 Å². The van der Waals surface area contributed by atoms with Gasteiger partial charge in [-0.1, -0.05) is 36.4 Å². The molecule has 0 amide bonds. The monoisotopic (exact) mass is 274 g/mol. The fourth-order valence-electron chi connectivity index (χ4n) is 1.62. The van der Waals surface area contributed by atoms with Crippen LogP contribution in [0.2, 0.25) is 0 Å². The Kier molecular flexibility index (Phi) is 5.41. The molecule has 0 aliphatic heterocycles. The van der Waals surface area contributed by atoms with Crippen LogP contribution < -0.4 is 9.47 Å². The first-order chi connectivity index (χ1) is 9.75. The van der Waals surface area contributed by atoms with Gasteiger partial charge >= 0.3 is 0 Å². The summed E-state index contributed by atoms with van der Waals surface area (Å²) in [6.07, 6.45) is -2.00. The number of para-hydroxylation sites is 2. The highest BCUT2D eigenvalue weighted by molar-refractivity contribution is 5.21. The zero-order valence-corrected chi connectivity index (χ0v) is 11.1. The molecule has 106 valence electrons. The molecule has 2 N–H and O–H groups in total. The number of hydrogen-bond acceptors (Lipinski definition) is 4. The van der Waals surface area contributed by atoms with Crippen LogP contribution in [-0.4, -0.2) is 35.6 Å². The summed E-state index contributed by atoms with van der Waals surface area (Å²) in [5.41, 5.74) is 0. The normalized spacial score (nSPS) is 13.5. The van der Waals surface area contributed by atoms with E-state index in [1.807, 2.05) is 36.4 Å². The molecule has 2 rings (SSSR count). The number of benzene rings is 2. The van der Waals surface area contributed by atoms with E-state index in [1.54, 1.807) is 24.3 Å². The smallest absolute Gasteiger partial charge is 0.119 e. The summed E-state index contributed by atoms with van der Waals surface area (Å²) in [6.45, 7) is 0.0344. The third-order valence-electron chi connectivity index (χ3n) is 2.77. The first kappa shape index (κ1) is 14.4. The summed E-state index contributed by atoms with van der Waals surface area (Å²) in [4.78, 5) is 0. The molecule has 0 spiro atoms. The SMILES string of the molecule is O[C@@H](COc1ccccc1)[C@@H](O)COc1ccccc1. The molecule has 2 aromatic rings. The minimum Gasteiger partial charge on any atom is -0.491 e. The lowest BCUT2D eigenvalue weighted by Crippen LogP contribution is -2.36. The zero-order chi connectivity index (χ0) is 14.2. The largest absolute Gasteiger partial charge is 0.491 e. The highest BCUT2D eigenvalue weighted by Crippen LogP contribution is 2.11. The van der Waals surface area contributed by atoms with Gasteiger partial charge in [-0.15, -0.1) is 0 Å². The van der Waals surface area contributed by atoms with E-state index < -0.39 is 12.2 Å². The number of ether oxygens (including phenoxy) is 2. The maximum absolute atomic E-state index is 9.80. The van der Waals surface area contributed by atoms with Gasteiger partial charge in [0.15, 0.2) is 0 Å². The molecule has 0 aliphatic carbocycles. The van der Waals surface area contributed by atoms with Gasteiger partial charge in [-0.05, 0) is 24.3 Å². The van der Waals surface area contributed by atoms with Gasteiger partial charge in [0.2, 0.25) is 0 Å². The van der Waals surface area contributed by atoms with Crippen molar-refractivity contribution >= 4 is 0 Å². The summed E-state index contributed by atoms with van der Waals surface area (Å²) >= 11 is 0. The summed E-state index contributed by atoms with van der Waals surface area (Å²) in [5.74, 6) is 1.31. The van der Waals surface area contributed by atoms with Crippen LogP contribution in [0.25, 0.3) is 0 Å². The second-order valence-electron chi connectivity index (χ2n) is 4.38. The van der Waals surface area contributed by atoms with Crippen molar-refractivity contribution in [3.63, 3.8) is 0 Å². The molecule has 0 saturated heterocycles. The zero-order valence-electron chi connectivity index (χ0n) is 11.1. The second-order valence-corrected chi connectivity index (χ2v) is 4.38. The third kappa shape index (κ3) is 4.57. The van der Waals surface area contributed by atoms with E-state index in [4.69, 9.17) is 9.47 Å². The van der Waals surface area contributed by atoms with Gasteiger partial charge in [0.1, 0.15) is 36.9 Å². The van der Waals surface area contributed by atoms with Crippen molar-refractivity contribution in [2.45, 2.75) is 12.2 Å². The van der Waals surface area contributed by atoms with Gasteiger partial charge in [-0.25, -0.2) is 0 Å². The maximum Gasteiger partial charge on any atom is 0.119 e. The molecule has 0 heterocycles. The molecule has 0 aromatic heterocycles. The van der Waals surface area contributed by atoms with E-state index in [2.05, 4.69) is 0 Å². The van der Waals surface area contributed by atoms with Crippen molar-refractivity contribution in [1.82, 2.24) is 0 Å². The molecule has 0 saturated carbocycles. The Hall–Kier alpha value is -2.04. The van der Waals surface area contributed by atoms with Gasteiger partial charge < -0.3 is 19.7 Å². The van der Waals surface area contributed by atoms with Crippen LogP contribution >= 0.6 is 0 Å². The summed E-state index contributed by atoms with van der Waals surface area (Å²) < 4.78 is 10.8. The van der Waals surface area contributed by atoms with Crippen LogP contribution in [0.4, 0.5) is 0 Å². The Morgan fingerprint density at radius 1 is 0.650 bits per heavy atom. The van der Waals surface area contributed by atoms with Crippen molar-refractivity contribution in [3.8, 4) is 11.5 Å². The van der Waals surface area contributed by atoms with Crippen LogP contribution in [-0.2, 0) is 0 Å². The molecule has 0 aliphatic rings. The number of rotatable bonds is 7. The third-order valence-corrected chi connectivity index (χ3v) is 2.77. The summed E-state index contributed by atoms with van der Waals surface area (Å²) in [7, 11) is 0. The van der Waals surface area contributed by atoms with Gasteiger partial charge in [0, 0.05) is 0 Å². The van der Waals surface area contributed by atoms with Crippen LogP contribution in [0.1, 0.15) is 0 Å². The first-order valence-electron chi connectivity index (χ1n) is 6.47. The predicted octanol–water partition coefficient (Wildman–Crippen LogP) is 1.87. The molecular formula is C16H18O4. The van der Waals surface area contributed by atoms with Gasteiger partial charge in [0.25, 0.3) is 0 Å². The topological polar surface area (TPSA) is 58.9 Å². The fourth-order valence-corrected chi connectivity index (χ4v) is 1.62. The van der Waals surface area contributed by atoms with E-state index in [-0.39, 0.29) is 13.2 Å². The van der Waals surface area contributed by atoms with E-state index in [9.17, 15) is 10.2 Å². The quantitative estimate of drug-likeness (QED) is 0.809. The molecule has 20 heavy (non-hydrogen) atoms. The molecule has 2 aromatic carbocycles. The van der Waals surface area contributed by atoms with Crippen molar-refractivity contribution in [1.29, 1.82) is 0 Å². The summed E-state index contributed by atoms with van der Waals surface area (Å²) in [6, 6.07) is 18.3. The molecule has 0 fully saturated rings. The molecular weight excluding hydrogens is 256 g/mol. The molecule has 4 nitrogen and oxygen atoms in total. The Morgan fingerprint density at radius 2 is 1.00 bits per heavy atom. The van der Waals surface area contributed by atoms with Crippen LogP contribution in [0.5, 0.6) is 11.5 Å². The fraction of sp³-hybridized carbons (Fsp3) is 0.250. The maximum atomic E-state index is 9.80. The Labute approximate surface area is 118 Å². The van der Waals surface area contributed by atoms with Gasteiger partial charge in [0.05, 0.1) is 0 Å². The molecule has 4 heteroatoms. The number of aliphatic hydroxyl groups excluding tert-OH is 2. The van der Waals surface area contributed by atoms with E-state index >= 15 is 0 Å². The van der Waals surface area contributed by atoms with Gasteiger partial charge in [-0.3, -0.25) is 0 Å². The van der Waals surface area contributed by atoms with E-state index in [0.29, 0.717) is 11.5 Å². The van der Waals surface area contributed by atoms with Crippen molar-refractivity contribution < 1.29 is 19.7 Å². The molecule has 2 atom stereocenters. The van der Waals surface area contributed by atoms with Crippen LogP contribution in [0.15, 0.2) is 60.7 Å². The average Bonchev–Trinajstić information content (AvgIpc) is 2.52.